The van der Waals surface area contributed by atoms with E-state index in [0.717, 1.165) is 9.96 Å². The molecule has 1 rings (SSSR count). The average molecular weight is 193 g/mol. The Morgan fingerprint density at radius 3 is 3.10 bits per heavy atom. The second kappa shape index (κ2) is 3.95. The molecule has 0 bridgehead atoms. The fourth-order valence-electron chi connectivity index (χ4n) is 0.392. The van der Waals surface area contributed by atoms with Crippen LogP contribution in [0.5, 0.6) is 0 Å². The van der Waals surface area contributed by atoms with E-state index in [4.69, 9.17) is 11.6 Å². The Morgan fingerprint density at radius 1 is 1.80 bits per heavy atom. The Bertz CT molecular complexity index is 223. The van der Waals surface area contributed by atoms with Crippen molar-refractivity contribution in [3.63, 3.8) is 0 Å². The third kappa shape index (κ3) is 1.97. The molecule has 1 heterocycles. The van der Waals surface area contributed by atoms with E-state index in [-0.39, 0.29) is 0 Å². The number of rotatable bonds is 3. The lowest BCUT2D eigenvalue weighted by molar-refractivity contribution is 1.15. The van der Waals surface area contributed by atoms with Gasteiger partial charge in [0.2, 0.25) is 0 Å². The second-order valence-corrected chi connectivity index (χ2v) is 3.85. The van der Waals surface area contributed by atoms with Crippen LogP contribution in [0.25, 0.3) is 0 Å². The summed E-state index contributed by atoms with van der Waals surface area (Å²) in [7, 11) is 0. The maximum absolute atomic E-state index is 5.66. The Hall–Kier alpha value is -0.0600. The molecule has 1 aromatic heterocycles. The number of nitrogens with zero attached hydrogens (tertiary/aromatic N) is 2. The van der Waals surface area contributed by atoms with Gasteiger partial charge in [-0.05, 0) is 11.5 Å². The minimum atomic E-state index is 0.497. The van der Waals surface area contributed by atoms with Crippen molar-refractivity contribution in [2.75, 3.05) is 5.75 Å². The van der Waals surface area contributed by atoms with Gasteiger partial charge in [0.25, 0.3) is 0 Å². The van der Waals surface area contributed by atoms with Crippen molar-refractivity contribution in [1.82, 2.24) is 9.59 Å². The molecule has 0 amide bonds. The van der Waals surface area contributed by atoms with Crippen LogP contribution >= 0.6 is 34.9 Å². The molecule has 0 spiro atoms. The quantitative estimate of drug-likeness (QED) is 0.544. The molecule has 1 aromatic rings. The normalized spacial score (nSPS) is 9.70. The summed E-state index contributed by atoms with van der Waals surface area (Å²) in [5.41, 5.74) is 0. The molecule has 0 aliphatic carbocycles. The topological polar surface area (TPSA) is 25.8 Å². The van der Waals surface area contributed by atoms with Crippen LogP contribution in [0.3, 0.4) is 0 Å². The molecule has 0 unspecified atom stereocenters. The largest absolute Gasteiger partial charge is 0.177 e. The van der Waals surface area contributed by atoms with Crippen molar-refractivity contribution in [2.45, 2.75) is 4.21 Å². The Morgan fingerprint density at radius 2 is 2.60 bits per heavy atom. The van der Waals surface area contributed by atoms with E-state index in [2.05, 4.69) is 16.2 Å². The first-order chi connectivity index (χ1) is 4.84. The Balaban J connectivity index is 2.56. The van der Waals surface area contributed by atoms with E-state index in [1.807, 2.05) is 6.08 Å². The molecule has 54 valence electrons. The van der Waals surface area contributed by atoms with E-state index in [9.17, 15) is 0 Å². The fourth-order valence-corrected chi connectivity index (χ4v) is 2.00. The molecule has 0 aliphatic heterocycles. The maximum Gasteiger partial charge on any atom is 0.177 e. The van der Waals surface area contributed by atoms with Gasteiger partial charge in [0.05, 0.1) is 0 Å². The van der Waals surface area contributed by atoms with Gasteiger partial charge in [-0.25, -0.2) is 0 Å². The number of aromatic nitrogens is 2. The van der Waals surface area contributed by atoms with Crippen LogP contribution in [-0.2, 0) is 0 Å². The molecule has 10 heavy (non-hydrogen) atoms. The first-order valence-corrected chi connectivity index (χ1v) is 4.70. The van der Waals surface area contributed by atoms with Gasteiger partial charge in [-0.15, -0.1) is 23.4 Å². The van der Waals surface area contributed by atoms with Crippen molar-refractivity contribution in [1.29, 1.82) is 0 Å². The van der Waals surface area contributed by atoms with Gasteiger partial charge in [-0.3, -0.25) is 0 Å². The van der Waals surface area contributed by atoms with Crippen LogP contribution in [0.1, 0.15) is 0 Å². The summed E-state index contributed by atoms with van der Waals surface area (Å²) in [4.78, 5) is 0. The molecular weight excluding hydrogens is 188 g/mol. The summed E-state index contributed by atoms with van der Waals surface area (Å²) in [6.45, 7) is 3.59. The second-order valence-electron chi connectivity index (χ2n) is 1.45. The summed E-state index contributed by atoms with van der Waals surface area (Å²) >= 11 is 8.57. The van der Waals surface area contributed by atoms with Crippen molar-refractivity contribution in [2.24, 2.45) is 0 Å². The molecule has 0 saturated carbocycles. The van der Waals surface area contributed by atoms with Gasteiger partial charge in [-0.1, -0.05) is 22.2 Å². The molecular formula is C5H5ClN2S2. The molecule has 0 aliphatic rings. The van der Waals surface area contributed by atoms with Crippen LogP contribution in [0.4, 0.5) is 0 Å². The van der Waals surface area contributed by atoms with E-state index in [0.29, 0.717) is 5.15 Å². The molecule has 2 nitrogen and oxygen atoms in total. The molecule has 5 heteroatoms. The minimum absolute atomic E-state index is 0.497. The van der Waals surface area contributed by atoms with Crippen molar-refractivity contribution >= 4 is 34.9 Å². The highest BCUT2D eigenvalue weighted by molar-refractivity contribution is 8.01. The zero-order chi connectivity index (χ0) is 7.40. The number of hydrogen-bond acceptors (Lipinski definition) is 4. The van der Waals surface area contributed by atoms with Gasteiger partial charge in [0.1, 0.15) is 4.21 Å². The third-order valence-corrected chi connectivity index (χ3v) is 3.20. The molecule has 0 aromatic carbocycles. The van der Waals surface area contributed by atoms with E-state index < -0.39 is 0 Å². The predicted octanol–water partition coefficient (Wildman–Crippen LogP) is 2.47. The van der Waals surface area contributed by atoms with Crippen molar-refractivity contribution < 1.29 is 0 Å². The molecule has 0 radical (unpaired) electrons. The summed E-state index contributed by atoms with van der Waals surface area (Å²) in [6.07, 6.45) is 1.82. The lowest BCUT2D eigenvalue weighted by Gasteiger charge is -1.88. The lowest BCUT2D eigenvalue weighted by atomic mass is 10.8. The van der Waals surface area contributed by atoms with Crippen LogP contribution in [-0.4, -0.2) is 15.3 Å². The summed E-state index contributed by atoms with van der Waals surface area (Å²) in [5.74, 6) is 0.851. The Kier molecular flexibility index (Phi) is 3.18. The first kappa shape index (κ1) is 8.04. The van der Waals surface area contributed by atoms with Crippen molar-refractivity contribution in [3.05, 3.63) is 17.8 Å². The standard InChI is InChI=1S/C5H5ClN2S2/c1-2-3-9-5-4(6)7-8-10-5/h2H,1,3H2. The average Bonchev–Trinajstić information content (AvgIpc) is 2.31. The molecule has 0 N–H and O–H groups in total. The predicted molar refractivity (Wildman–Crippen MR) is 45.8 cm³/mol. The zero-order valence-corrected chi connectivity index (χ0v) is 7.47. The maximum atomic E-state index is 5.66. The van der Waals surface area contributed by atoms with Crippen LogP contribution in [0, 0.1) is 0 Å². The van der Waals surface area contributed by atoms with E-state index >= 15 is 0 Å². The third-order valence-electron chi connectivity index (χ3n) is 0.753. The highest BCUT2D eigenvalue weighted by Crippen LogP contribution is 2.27. The molecule has 0 saturated heterocycles. The zero-order valence-electron chi connectivity index (χ0n) is 5.08. The highest BCUT2D eigenvalue weighted by Gasteiger charge is 2.02. The molecule has 0 fully saturated rings. The van der Waals surface area contributed by atoms with Gasteiger partial charge >= 0.3 is 0 Å². The van der Waals surface area contributed by atoms with Gasteiger partial charge in [0.15, 0.2) is 5.15 Å². The first-order valence-electron chi connectivity index (χ1n) is 2.56. The van der Waals surface area contributed by atoms with Gasteiger partial charge in [-0.2, -0.15) is 0 Å². The number of thioether (sulfide) groups is 1. The minimum Gasteiger partial charge on any atom is -0.125 e. The van der Waals surface area contributed by atoms with Crippen molar-refractivity contribution in [3.8, 4) is 0 Å². The van der Waals surface area contributed by atoms with E-state index in [1.165, 1.54) is 11.5 Å². The SMILES string of the molecule is C=CCSc1snnc1Cl. The Labute approximate surface area is 72.5 Å². The van der Waals surface area contributed by atoms with Gasteiger partial charge < -0.3 is 0 Å². The fraction of sp³-hybridized carbons (Fsp3) is 0.200. The van der Waals surface area contributed by atoms with Crippen LogP contribution in [0.15, 0.2) is 16.9 Å². The lowest BCUT2D eigenvalue weighted by Crippen LogP contribution is -1.68. The smallest absolute Gasteiger partial charge is 0.125 e. The molecule has 0 atom stereocenters. The van der Waals surface area contributed by atoms with Gasteiger partial charge in [0, 0.05) is 5.75 Å². The highest BCUT2D eigenvalue weighted by atomic mass is 35.5. The number of halogens is 1. The summed E-state index contributed by atoms with van der Waals surface area (Å²) in [5, 5.41) is 4.15. The number of hydrogen-bond donors (Lipinski definition) is 0. The van der Waals surface area contributed by atoms with Crippen LogP contribution in [0.2, 0.25) is 5.15 Å². The monoisotopic (exact) mass is 192 g/mol. The summed E-state index contributed by atoms with van der Waals surface area (Å²) in [6, 6.07) is 0. The summed E-state index contributed by atoms with van der Waals surface area (Å²) < 4.78 is 4.64. The van der Waals surface area contributed by atoms with E-state index in [1.54, 1.807) is 11.8 Å². The van der Waals surface area contributed by atoms with Crippen LogP contribution < -0.4 is 0 Å².